The normalized spacial score (nSPS) is 12.5. The summed E-state index contributed by atoms with van der Waals surface area (Å²) in [7, 11) is 0. The lowest BCUT2D eigenvalue weighted by molar-refractivity contribution is 0.632. The molecule has 2 nitrogen and oxygen atoms in total. The molecule has 0 aliphatic carbocycles. The Bertz CT molecular complexity index is 593. The molecule has 0 saturated heterocycles. The van der Waals surface area contributed by atoms with E-state index in [0.717, 1.165) is 4.47 Å². The molecule has 0 aromatic heterocycles. The number of aryl methyl sites for hydroxylation is 2. The fourth-order valence-electron chi connectivity index (χ4n) is 2.30. The summed E-state index contributed by atoms with van der Waals surface area (Å²) in [5.41, 5.74) is 9.12. The van der Waals surface area contributed by atoms with Gasteiger partial charge in [0.15, 0.2) is 0 Å². The van der Waals surface area contributed by atoms with Crippen LogP contribution in [0.5, 0.6) is 0 Å². The van der Waals surface area contributed by atoms with E-state index in [1.165, 1.54) is 27.8 Å². The highest BCUT2D eigenvalue weighted by molar-refractivity contribution is 9.10. The lowest BCUT2D eigenvalue weighted by Gasteiger charge is -2.21. The molecule has 2 aromatic rings. The van der Waals surface area contributed by atoms with Crippen molar-refractivity contribution in [3.05, 3.63) is 68.7 Å². The highest BCUT2D eigenvalue weighted by atomic mass is 79.9. The van der Waals surface area contributed by atoms with Crippen LogP contribution in [0.3, 0.4) is 0 Å². The maximum atomic E-state index is 5.78. The first kappa shape index (κ1) is 14.3. The van der Waals surface area contributed by atoms with E-state index in [0.29, 0.717) is 0 Å². The molecular formula is C16H19BrN2. The monoisotopic (exact) mass is 318 g/mol. The van der Waals surface area contributed by atoms with Crippen LogP contribution in [0.25, 0.3) is 0 Å². The highest BCUT2D eigenvalue weighted by Crippen LogP contribution is 2.28. The number of nitrogens with one attached hydrogen (secondary N) is 1. The fourth-order valence-corrected chi connectivity index (χ4v) is 2.55. The third-order valence-corrected chi connectivity index (χ3v) is 4.53. The summed E-state index contributed by atoms with van der Waals surface area (Å²) in [6.07, 6.45) is 0. The van der Waals surface area contributed by atoms with Crippen molar-refractivity contribution in [2.75, 3.05) is 0 Å². The van der Waals surface area contributed by atoms with Gasteiger partial charge in [0, 0.05) is 4.47 Å². The third kappa shape index (κ3) is 2.89. The van der Waals surface area contributed by atoms with Crippen molar-refractivity contribution in [2.24, 2.45) is 5.84 Å². The molecule has 1 atom stereocenters. The van der Waals surface area contributed by atoms with Gasteiger partial charge >= 0.3 is 0 Å². The lowest BCUT2D eigenvalue weighted by atomic mass is 9.92. The molecule has 100 valence electrons. The zero-order valence-corrected chi connectivity index (χ0v) is 13.1. The number of benzene rings is 2. The first-order valence-corrected chi connectivity index (χ1v) is 7.12. The summed E-state index contributed by atoms with van der Waals surface area (Å²) < 4.78 is 1.12. The van der Waals surface area contributed by atoms with Crippen LogP contribution >= 0.6 is 15.9 Å². The molecular weight excluding hydrogens is 300 g/mol. The Balaban J connectivity index is 2.50. The molecule has 3 N–H and O–H groups in total. The summed E-state index contributed by atoms with van der Waals surface area (Å²) in [4.78, 5) is 0. The van der Waals surface area contributed by atoms with E-state index in [2.05, 4.69) is 78.5 Å². The van der Waals surface area contributed by atoms with Crippen LogP contribution in [0.15, 0.2) is 40.9 Å². The summed E-state index contributed by atoms with van der Waals surface area (Å²) in [6, 6.07) is 12.7. The first-order valence-electron chi connectivity index (χ1n) is 6.33. The van der Waals surface area contributed by atoms with E-state index in [1.54, 1.807) is 0 Å². The zero-order chi connectivity index (χ0) is 14.0. The molecule has 0 heterocycles. The average Bonchev–Trinajstić information content (AvgIpc) is 2.39. The molecule has 0 radical (unpaired) electrons. The number of hydrogen-bond donors (Lipinski definition) is 2. The topological polar surface area (TPSA) is 38.0 Å². The SMILES string of the molecule is Cc1cc(C(NN)c2cccc(C)c2C)ccc1Br. The quantitative estimate of drug-likeness (QED) is 0.664. The molecule has 0 fully saturated rings. The van der Waals surface area contributed by atoms with Crippen LogP contribution in [-0.2, 0) is 0 Å². The number of hydrazine groups is 1. The van der Waals surface area contributed by atoms with Gasteiger partial charge in [0.05, 0.1) is 6.04 Å². The summed E-state index contributed by atoms with van der Waals surface area (Å²) >= 11 is 3.53. The molecule has 0 bridgehead atoms. The third-order valence-electron chi connectivity index (χ3n) is 3.64. The number of nitrogens with two attached hydrogens (primary N) is 1. The van der Waals surface area contributed by atoms with Gasteiger partial charge in [-0.25, -0.2) is 5.43 Å². The number of rotatable bonds is 3. The van der Waals surface area contributed by atoms with Crippen molar-refractivity contribution in [1.29, 1.82) is 0 Å². The molecule has 1 unspecified atom stereocenters. The fraction of sp³-hybridized carbons (Fsp3) is 0.250. The molecule has 0 aliphatic rings. The molecule has 19 heavy (non-hydrogen) atoms. The predicted octanol–water partition coefficient (Wildman–Crippen LogP) is 3.93. The van der Waals surface area contributed by atoms with Crippen LogP contribution in [0, 0.1) is 20.8 Å². The van der Waals surface area contributed by atoms with E-state index < -0.39 is 0 Å². The standard InChI is InChI=1S/C16H19BrN2/c1-10-5-4-6-14(12(10)3)16(19-18)13-7-8-15(17)11(2)9-13/h4-9,16,19H,18H2,1-3H3. The maximum absolute atomic E-state index is 5.78. The van der Waals surface area contributed by atoms with Gasteiger partial charge < -0.3 is 0 Å². The van der Waals surface area contributed by atoms with Crippen LogP contribution in [-0.4, -0.2) is 0 Å². The van der Waals surface area contributed by atoms with Gasteiger partial charge in [-0.1, -0.05) is 46.3 Å². The summed E-state index contributed by atoms with van der Waals surface area (Å²) in [6.45, 7) is 6.35. The minimum atomic E-state index is 0.0201. The Morgan fingerprint density at radius 2 is 1.79 bits per heavy atom. The Kier molecular flexibility index (Phi) is 4.40. The van der Waals surface area contributed by atoms with E-state index in [1.807, 2.05) is 0 Å². The Hall–Kier alpha value is -1.16. The Morgan fingerprint density at radius 3 is 2.42 bits per heavy atom. The van der Waals surface area contributed by atoms with E-state index in [9.17, 15) is 0 Å². The minimum absolute atomic E-state index is 0.0201. The van der Waals surface area contributed by atoms with Gasteiger partial charge in [0.1, 0.15) is 0 Å². The van der Waals surface area contributed by atoms with Gasteiger partial charge in [-0.15, -0.1) is 0 Å². The van der Waals surface area contributed by atoms with E-state index in [-0.39, 0.29) is 6.04 Å². The predicted molar refractivity (Wildman–Crippen MR) is 84.0 cm³/mol. The molecule has 3 heteroatoms. The van der Waals surface area contributed by atoms with Crippen LogP contribution < -0.4 is 11.3 Å². The van der Waals surface area contributed by atoms with Crippen molar-refractivity contribution in [3.63, 3.8) is 0 Å². The molecule has 0 spiro atoms. The first-order chi connectivity index (χ1) is 9.04. The Labute approximate surface area is 123 Å². The molecule has 2 rings (SSSR count). The largest absolute Gasteiger partial charge is 0.271 e. The lowest BCUT2D eigenvalue weighted by Crippen LogP contribution is -2.29. The summed E-state index contributed by atoms with van der Waals surface area (Å²) in [5, 5.41) is 0. The van der Waals surface area contributed by atoms with E-state index >= 15 is 0 Å². The minimum Gasteiger partial charge on any atom is -0.271 e. The molecule has 0 amide bonds. The van der Waals surface area contributed by atoms with Crippen molar-refractivity contribution < 1.29 is 0 Å². The van der Waals surface area contributed by atoms with Crippen molar-refractivity contribution in [3.8, 4) is 0 Å². The second kappa shape index (κ2) is 5.87. The Morgan fingerprint density at radius 1 is 1.05 bits per heavy atom. The molecule has 0 aliphatic heterocycles. The second-order valence-electron chi connectivity index (χ2n) is 4.90. The van der Waals surface area contributed by atoms with Crippen molar-refractivity contribution >= 4 is 15.9 Å². The number of hydrogen-bond acceptors (Lipinski definition) is 2. The van der Waals surface area contributed by atoms with Crippen LogP contribution in [0.4, 0.5) is 0 Å². The molecule has 0 saturated carbocycles. The second-order valence-corrected chi connectivity index (χ2v) is 5.75. The average molecular weight is 319 g/mol. The van der Waals surface area contributed by atoms with Crippen LogP contribution in [0.1, 0.15) is 33.9 Å². The van der Waals surface area contributed by atoms with Gasteiger partial charge in [-0.2, -0.15) is 0 Å². The van der Waals surface area contributed by atoms with Gasteiger partial charge in [-0.3, -0.25) is 5.84 Å². The van der Waals surface area contributed by atoms with E-state index in [4.69, 9.17) is 5.84 Å². The molecule has 2 aromatic carbocycles. The smallest absolute Gasteiger partial charge is 0.0712 e. The van der Waals surface area contributed by atoms with Crippen molar-refractivity contribution in [2.45, 2.75) is 26.8 Å². The highest BCUT2D eigenvalue weighted by Gasteiger charge is 2.15. The summed E-state index contributed by atoms with van der Waals surface area (Å²) in [5.74, 6) is 5.78. The zero-order valence-electron chi connectivity index (χ0n) is 11.5. The van der Waals surface area contributed by atoms with Crippen LogP contribution in [0.2, 0.25) is 0 Å². The van der Waals surface area contributed by atoms with Gasteiger partial charge in [-0.05, 0) is 54.7 Å². The van der Waals surface area contributed by atoms with Gasteiger partial charge in [0.2, 0.25) is 0 Å². The van der Waals surface area contributed by atoms with Crippen molar-refractivity contribution in [1.82, 2.24) is 5.43 Å². The number of halogens is 1. The van der Waals surface area contributed by atoms with Gasteiger partial charge in [0.25, 0.3) is 0 Å². The maximum Gasteiger partial charge on any atom is 0.0712 e.